The summed E-state index contributed by atoms with van der Waals surface area (Å²) in [6.07, 6.45) is 0. The molecule has 0 fully saturated rings. The quantitative estimate of drug-likeness (QED) is 0.311. The first-order chi connectivity index (χ1) is 14.3. The standard InChI is InChI=1S/C25H16BrN3/c26-22-16-15-21(19-13-7-8-14-20(19)22)25-28-23(17-9-3-1-4-10-17)27-24(29-25)18-11-5-2-6-12-18/h1-16H. The van der Waals surface area contributed by atoms with Crippen molar-refractivity contribution in [2.24, 2.45) is 0 Å². The summed E-state index contributed by atoms with van der Waals surface area (Å²) in [6, 6.07) is 32.4. The number of nitrogens with zero attached hydrogens (tertiary/aromatic N) is 3. The Balaban J connectivity index is 1.79. The van der Waals surface area contributed by atoms with Gasteiger partial charge in [0.1, 0.15) is 0 Å². The second-order valence-corrected chi connectivity index (χ2v) is 7.53. The molecular formula is C25H16BrN3. The Morgan fingerprint density at radius 2 is 0.931 bits per heavy atom. The Morgan fingerprint density at radius 1 is 0.448 bits per heavy atom. The third-order valence-corrected chi connectivity index (χ3v) is 5.50. The lowest BCUT2D eigenvalue weighted by molar-refractivity contribution is 1.08. The van der Waals surface area contributed by atoms with E-state index in [2.05, 4.69) is 34.1 Å². The minimum absolute atomic E-state index is 0.668. The fourth-order valence-corrected chi connectivity index (χ4v) is 3.86. The molecule has 0 bridgehead atoms. The summed E-state index contributed by atoms with van der Waals surface area (Å²) < 4.78 is 1.05. The van der Waals surface area contributed by atoms with Crippen molar-refractivity contribution in [3.8, 4) is 34.2 Å². The molecule has 0 atom stereocenters. The second-order valence-electron chi connectivity index (χ2n) is 6.68. The van der Waals surface area contributed by atoms with Gasteiger partial charge in [-0.15, -0.1) is 0 Å². The van der Waals surface area contributed by atoms with E-state index in [0.717, 1.165) is 31.9 Å². The molecule has 5 rings (SSSR count). The molecule has 0 radical (unpaired) electrons. The number of hydrogen-bond acceptors (Lipinski definition) is 3. The highest BCUT2D eigenvalue weighted by atomic mass is 79.9. The van der Waals surface area contributed by atoms with E-state index in [1.165, 1.54) is 0 Å². The first-order valence-electron chi connectivity index (χ1n) is 9.34. The van der Waals surface area contributed by atoms with Gasteiger partial charge in [0.25, 0.3) is 0 Å². The van der Waals surface area contributed by atoms with Gasteiger partial charge in [-0.1, -0.05) is 101 Å². The van der Waals surface area contributed by atoms with Crippen molar-refractivity contribution in [3.63, 3.8) is 0 Å². The Morgan fingerprint density at radius 3 is 1.52 bits per heavy atom. The van der Waals surface area contributed by atoms with Gasteiger partial charge in [-0.2, -0.15) is 0 Å². The van der Waals surface area contributed by atoms with Gasteiger partial charge in [0, 0.05) is 21.2 Å². The Labute approximate surface area is 177 Å². The number of hydrogen-bond donors (Lipinski definition) is 0. The lowest BCUT2D eigenvalue weighted by Gasteiger charge is -2.11. The van der Waals surface area contributed by atoms with Crippen molar-refractivity contribution in [2.45, 2.75) is 0 Å². The lowest BCUT2D eigenvalue weighted by atomic mass is 10.0. The summed E-state index contributed by atoms with van der Waals surface area (Å²) in [5.74, 6) is 2.00. The highest BCUT2D eigenvalue weighted by Crippen LogP contribution is 2.33. The number of rotatable bonds is 3. The Bertz CT molecular complexity index is 1240. The zero-order chi connectivity index (χ0) is 19.6. The predicted molar refractivity (Wildman–Crippen MR) is 121 cm³/mol. The van der Waals surface area contributed by atoms with Crippen LogP contribution in [0.2, 0.25) is 0 Å². The van der Waals surface area contributed by atoms with Crippen LogP contribution < -0.4 is 0 Å². The Hall–Kier alpha value is -3.37. The van der Waals surface area contributed by atoms with Crippen molar-refractivity contribution in [3.05, 3.63) is 102 Å². The molecule has 0 N–H and O–H groups in total. The summed E-state index contributed by atoms with van der Waals surface area (Å²) in [5, 5.41) is 2.24. The third kappa shape index (κ3) is 3.43. The van der Waals surface area contributed by atoms with Crippen LogP contribution >= 0.6 is 15.9 Å². The van der Waals surface area contributed by atoms with E-state index in [1.54, 1.807) is 0 Å². The van der Waals surface area contributed by atoms with Crippen molar-refractivity contribution >= 4 is 26.7 Å². The van der Waals surface area contributed by atoms with Crippen LogP contribution in [0.25, 0.3) is 44.9 Å². The smallest absolute Gasteiger partial charge is 0.164 e. The minimum Gasteiger partial charge on any atom is -0.208 e. The van der Waals surface area contributed by atoms with Gasteiger partial charge in [0.2, 0.25) is 0 Å². The van der Waals surface area contributed by atoms with E-state index in [4.69, 9.17) is 15.0 Å². The first kappa shape index (κ1) is 17.7. The molecule has 3 nitrogen and oxygen atoms in total. The fraction of sp³-hybridized carbons (Fsp3) is 0. The van der Waals surface area contributed by atoms with Gasteiger partial charge in [-0.3, -0.25) is 0 Å². The summed E-state index contributed by atoms with van der Waals surface area (Å²) >= 11 is 3.65. The number of fused-ring (bicyclic) bond motifs is 1. The largest absolute Gasteiger partial charge is 0.208 e. The van der Waals surface area contributed by atoms with Crippen LogP contribution in [-0.4, -0.2) is 15.0 Å². The maximum Gasteiger partial charge on any atom is 0.164 e. The van der Waals surface area contributed by atoms with Crippen LogP contribution in [0.3, 0.4) is 0 Å². The van der Waals surface area contributed by atoms with E-state index in [9.17, 15) is 0 Å². The molecule has 0 aliphatic heterocycles. The second kappa shape index (κ2) is 7.57. The van der Waals surface area contributed by atoms with Gasteiger partial charge in [-0.05, 0) is 22.9 Å². The maximum absolute atomic E-state index is 4.84. The molecule has 0 spiro atoms. The monoisotopic (exact) mass is 437 g/mol. The molecule has 29 heavy (non-hydrogen) atoms. The first-order valence-corrected chi connectivity index (χ1v) is 10.1. The highest BCUT2D eigenvalue weighted by molar-refractivity contribution is 9.10. The topological polar surface area (TPSA) is 38.7 Å². The molecule has 0 saturated carbocycles. The molecule has 0 saturated heterocycles. The van der Waals surface area contributed by atoms with Gasteiger partial charge in [0.15, 0.2) is 17.5 Å². The van der Waals surface area contributed by atoms with Crippen molar-refractivity contribution < 1.29 is 0 Å². The predicted octanol–water partition coefficient (Wildman–Crippen LogP) is 6.79. The van der Waals surface area contributed by atoms with E-state index in [1.807, 2.05) is 78.9 Å². The molecule has 0 aliphatic rings. The van der Waals surface area contributed by atoms with E-state index >= 15 is 0 Å². The molecule has 4 aromatic carbocycles. The minimum atomic E-state index is 0.668. The van der Waals surface area contributed by atoms with Crippen LogP contribution in [0.5, 0.6) is 0 Å². The van der Waals surface area contributed by atoms with Crippen molar-refractivity contribution in [2.75, 3.05) is 0 Å². The number of aromatic nitrogens is 3. The zero-order valence-corrected chi connectivity index (χ0v) is 17.0. The van der Waals surface area contributed by atoms with E-state index in [-0.39, 0.29) is 0 Å². The van der Waals surface area contributed by atoms with Crippen LogP contribution in [0, 0.1) is 0 Å². The molecule has 5 aromatic rings. The molecule has 138 valence electrons. The SMILES string of the molecule is Brc1ccc(-c2nc(-c3ccccc3)nc(-c3ccccc3)n2)c2ccccc12. The Kier molecular flexibility index (Phi) is 4.62. The molecule has 0 unspecified atom stereocenters. The number of benzene rings is 4. The zero-order valence-electron chi connectivity index (χ0n) is 15.5. The number of halogens is 1. The third-order valence-electron chi connectivity index (χ3n) is 4.81. The van der Waals surface area contributed by atoms with Gasteiger partial charge >= 0.3 is 0 Å². The molecule has 0 aliphatic carbocycles. The van der Waals surface area contributed by atoms with Crippen LogP contribution in [0.4, 0.5) is 0 Å². The van der Waals surface area contributed by atoms with Crippen molar-refractivity contribution in [1.82, 2.24) is 15.0 Å². The van der Waals surface area contributed by atoms with Crippen LogP contribution in [0.1, 0.15) is 0 Å². The normalized spacial score (nSPS) is 10.9. The van der Waals surface area contributed by atoms with E-state index in [0.29, 0.717) is 17.5 Å². The van der Waals surface area contributed by atoms with Crippen LogP contribution in [-0.2, 0) is 0 Å². The molecule has 1 aromatic heterocycles. The summed E-state index contributed by atoms with van der Waals surface area (Å²) in [5.41, 5.74) is 2.92. The van der Waals surface area contributed by atoms with Gasteiger partial charge < -0.3 is 0 Å². The van der Waals surface area contributed by atoms with Crippen molar-refractivity contribution in [1.29, 1.82) is 0 Å². The molecule has 0 amide bonds. The van der Waals surface area contributed by atoms with Crippen LogP contribution in [0.15, 0.2) is 102 Å². The fourth-order valence-electron chi connectivity index (χ4n) is 3.39. The summed E-state index contributed by atoms with van der Waals surface area (Å²) in [4.78, 5) is 14.4. The summed E-state index contributed by atoms with van der Waals surface area (Å²) in [7, 11) is 0. The van der Waals surface area contributed by atoms with Gasteiger partial charge in [-0.25, -0.2) is 15.0 Å². The molecule has 1 heterocycles. The van der Waals surface area contributed by atoms with Gasteiger partial charge in [0.05, 0.1) is 0 Å². The summed E-state index contributed by atoms with van der Waals surface area (Å²) in [6.45, 7) is 0. The average molecular weight is 438 g/mol. The van der Waals surface area contributed by atoms with E-state index < -0.39 is 0 Å². The maximum atomic E-state index is 4.84. The molecular weight excluding hydrogens is 422 g/mol. The highest BCUT2D eigenvalue weighted by Gasteiger charge is 2.14. The average Bonchev–Trinajstić information content (AvgIpc) is 2.80. The molecule has 4 heteroatoms. The lowest BCUT2D eigenvalue weighted by Crippen LogP contribution is -2.00.